The summed E-state index contributed by atoms with van der Waals surface area (Å²) in [5.41, 5.74) is 2.86. The average Bonchev–Trinajstić information content (AvgIpc) is 2.80. The molecule has 1 aliphatic rings. The first-order valence-corrected chi connectivity index (χ1v) is 12.0. The zero-order valence-corrected chi connectivity index (χ0v) is 21.0. The molecule has 35 heavy (non-hydrogen) atoms. The molecule has 6 heteroatoms. The molecule has 184 valence electrons. The maximum atomic E-state index is 13.6. The Morgan fingerprint density at radius 2 is 1.60 bits per heavy atom. The van der Waals surface area contributed by atoms with Crippen molar-refractivity contribution in [3.63, 3.8) is 0 Å². The third-order valence-corrected chi connectivity index (χ3v) is 6.74. The summed E-state index contributed by atoms with van der Waals surface area (Å²) in [6, 6.07) is 17.5. The zero-order valence-electron chi connectivity index (χ0n) is 21.0. The summed E-state index contributed by atoms with van der Waals surface area (Å²) >= 11 is 0. The van der Waals surface area contributed by atoms with Gasteiger partial charge < -0.3 is 14.2 Å². The standard InChI is InChI=1S/C29H33FN2O3/c1-20(21-6-8-22(9-7-21)23-10-15-26(33)31(5)18-23)32-17-16-29(35-27(32)34,19-28(2,3)4)24-11-13-25(30)14-12-24/h6-15,18,20H,16-17,19H2,1-5H3/t20-,29-/m0/s1. The molecule has 1 aromatic heterocycles. The van der Waals surface area contributed by atoms with Crippen LogP contribution in [0.15, 0.2) is 71.7 Å². The van der Waals surface area contributed by atoms with Gasteiger partial charge in [0.25, 0.3) is 0 Å². The van der Waals surface area contributed by atoms with E-state index in [-0.39, 0.29) is 28.9 Å². The van der Waals surface area contributed by atoms with Crippen molar-refractivity contribution in [1.82, 2.24) is 9.47 Å². The summed E-state index contributed by atoms with van der Waals surface area (Å²) in [6.07, 6.45) is 2.72. The van der Waals surface area contributed by atoms with Gasteiger partial charge in [0.05, 0.1) is 6.04 Å². The zero-order chi connectivity index (χ0) is 25.4. The van der Waals surface area contributed by atoms with Crippen LogP contribution in [0, 0.1) is 11.2 Å². The molecule has 0 N–H and O–H groups in total. The van der Waals surface area contributed by atoms with Crippen molar-refractivity contribution in [2.75, 3.05) is 6.54 Å². The number of carbonyl (C=O) groups is 1. The van der Waals surface area contributed by atoms with Crippen molar-refractivity contribution in [3.8, 4) is 11.1 Å². The molecular weight excluding hydrogens is 443 g/mol. The van der Waals surface area contributed by atoms with Crippen molar-refractivity contribution in [1.29, 1.82) is 0 Å². The molecule has 2 atom stereocenters. The highest BCUT2D eigenvalue weighted by molar-refractivity contribution is 5.70. The first kappa shape index (κ1) is 24.7. The lowest BCUT2D eigenvalue weighted by molar-refractivity contribution is -0.0806. The van der Waals surface area contributed by atoms with E-state index in [4.69, 9.17) is 4.74 Å². The minimum absolute atomic E-state index is 0.0502. The minimum atomic E-state index is -0.785. The van der Waals surface area contributed by atoms with E-state index >= 15 is 0 Å². The molecule has 5 nitrogen and oxygen atoms in total. The Labute approximate surface area is 206 Å². The van der Waals surface area contributed by atoms with E-state index in [0.29, 0.717) is 19.4 Å². The summed E-state index contributed by atoms with van der Waals surface area (Å²) < 4.78 is 21.3. The predicted molar refractivity (Wildman–Crippen MR) is 135 cm³/mol. The average molecular weight is 477 g/mol. The number of halogens is 1. The lowest BCUT2D eigenvalue weighted by atomic mass is 9.75. The molecule has 2 heterocycles. The highest BCUT2D eigenvalue weighted by atomic mass is 19.1. The number of amides is 1. The highest BCUT2D eigenvalue weighted by Gasteiger charge is 2.45. The summed E-state index contributed by atoms with van der Waals surface area (Å²) in [5, 5.41) is 0. The second-order valence-electron chi connectivity index (χ2n) is 10.7. The number of cyclic esters (lactones) is 1. The smallest absolute Gasteiger partial charge is 0.411 e. The van der Waals surface area contributed by atoms with Crippen molar-refractivity contribution in [2.45, 2.75) is 52.2 Å². The predicted octanol–water partition coefficient (Wildman–Crippen LogP) is 6.43. The van der Waals surface area contributed by atoms with Gasteiger partial charge in [-0.25, -0.2) is 9.18 Å². The quantitative estimate of drug-likeness (QED) is 0.427. The van der Waals surface area contributed by atoms with Gasteiger partial charge in [-0.2, -0.15) is 0 Å². The second kappa shape index (κ2) is 9.33. The molecule has 2 aromatic carbocycles. The number of nitrogens with zero attached hydrogens (tertiary/aromatic N) is 2. The minimum Gasteiger partial charge on any atom is -0.438 e. The van der Waals surface area contributed by atoms with Gasteiger partial charge in [0, 0.05) is 32.3 Å². The van der Waals surface area contributed by atoms with E-state index in [1.54, 1.807) is 34.7 Å². The van der Waals surface area contributed by atoms with Gasteiger partial charge in [-0.1, -0.05) is 57.2 Å². The third kappa shape index (κ3) is 5.31. The van der Waals surface area contributed by atoms with E-state index in [2.05, 4.69) is 20.8 Å². The molecule has 0 aliphatic carbocycles. The fourth-order valence-electron chi connectivity index (χ4n) is 4.96. The number of rotatable bonds is 5. The van der Waals surface area contributed by atoms with Crippen LogP contribution in [0.25, 0.3) is 11.1 Å². The van der Waals surface area contributed by atoms with Gasteiger partial charge in [0.2, 0.25) is 5.56 Å². The van der Waals surface area contributed by atoms with Crippen LogP contribution < -0.4 is 5.56 Å². The molecule has 0 bridgehead atoms. The van der Waals surface area contributed by atoms with Gasteiger partial charge in [-0.3, -0.25) is 4.79 Å². The molecular formula is C29H33FN2O3. The molecule has 0 saturated carbocycles. The van der Waals surface area contributed by atoms with E-state index < -0.39 is 5.60 Å². The van der Waals surface area contributed by atoms with Crippen LogP contribution in [0.3, 0.4) is 0 Å². The van der Waals surface area contributed by atoms with Crippen LogP contribution >= 0.6 is 0 Å². The Hall–Kier alpha value is -3.41. The van der Waals surface area contributed by atoms with Crippen LogP contribution in [0.1, 0.15) is 57.7 Å². The van der Waals surface area contributed by atoms with Crippen LogP contribution in [0.5, 0.6) is 0 Å². The molecule has 0 spiro atoms. The molecule has 3 aromatic rings. The summed E-state index contributed by atoms with van der Waals surface area (Å²) in [4.78, 5) is 26.7. The Morgan fingerprint density at radius 3 is 2.17 bits per heavy atom. The normalized spacial score (nSPS) is 19.4. The Balaban J connectivity index is 1.54. The van der Waals surface area contributed by atoms with E-state index in [9.17, 15) is 14.0 Å². The second-order valence-corrected chi connectivity index (χ2v) is 10.7. The van der Waals surface area contributed by atoms with Crippen LogP contribution in [-0.4, -0.2) is 22.1 Å². The molecule has 0 unspecified atom stereocenters. The van der Waals surface area contributed by atoms with Gasteiger partial charge in [-0.15, -0.1) is 0 Å². The maximum Gasteiger partial charge on any atom is 0.411 e. The molecule has 1 fully saturated rings. The molecule has 1 aliphatic heterocycles. The largest absolute Gasteiger partial charge is 0.438 e. The fraction of sp³-hybridized carbons (Fsp3) is 0.379. The third-order valence-electron chi connectivity index (χ3n) is 6.74. The maximum absolute atomic E-state index is 13.6. The number of hydrogen-bond acceptors (Lipinski definition) is 3. The van der Waals surface area contributed by atoms with Crippen molar-refractivity contribution in [2.24, 2.45) is 12.5 Å². The number of benzene rings is 2. The van der Waals surface area contributed by atoms with E-state index in [1.165, 1.54) is 12.1 Å². The Kier molecular flexibility index (Phi) is 6.58. The SMILES string of the molecule is C[C@@H](c1ccc(-c2ccc(=O)n(C)c2)cc1)N1CC[C@](CC(C)(C)C)(c2ccc(F)cc2)OC1=O. The number of pyridine rings is 1. The van der Waals surface area contributed by atoms with Crippen LogP contribution in [-0.2, 0) is 17.4 Å². The number of aryl methyl sites for hydroxylation is 1. The Morgan fingerprint density at radius 1 is 0.971 bits per heavy atom. The molecule has 1 amide bonds. The fourth-order valence-corrected chi connectivity index (χ4v) is 4.96. The van der Waals surface area contributed by atoms with E-state index in [1.807, 2.05) is 43.5 Å². The number of ether oxygens (including phenoxy) is 1. The monoisotopic (exact) mass is 476 g/mol. The van der Waals surface area contributed by atoms with Gasteiger partial charge in [0.15, 0.2) is 0 Å². The van der Waals surface area contributed by atoms with Crippen LogP contribution in [0.2, 0.25) is 0 Å². The summed E-state index contributed by atoms with van der Waals surface area (Å²) in [6.45, 7) is 8.89. The first-order chi connectivity index (χ1) is 16.5. The van der Waals surface area contributed by atoms with Gasteiger partial charge in [0.1, 0.15) is 11.4 Å². The van der Waals surface area contributed by atoms with Crippen LogP contribution in [0.4, 0.5) is 9.18 Å². The molecule has 4 rings (SSSR count). The lowest BCUT2D eigenvalue weighted by Crippen LogP contribution is -2.50. The topological polar surface area (TPSA) is 51.5 Å². The molecule has 0 radical (unpaired) electrons. The van der Waals surface area contributed by atoms with Crippen molar-refractivity contribution < 1.29 is 13.9 Å². The summed E-state index contributed by atoms with van der Waals surface area (Å²) in [5.74, 6) is -0.307. The summed E-state index contributed by atoms with van der Waals surface area (Å²) in [7, 11) is 1.73. The first-order valence-electron chi connectivity index (χ1n) is 12.0. The van der Waals surface area contributed by atoms with Crippen molar-refractivity contribution in [3.05, 3.63) is 94.2 Å². The number of aromatic nitrogens is 1. The van der Waals surface area contributed by atoms with Gasteiger partial charge >= 0.3 is 6.09 Å². The number of hydrogen-bond donors (Lipinski definition) is 0. The number of carbonyl (C=O) groups excluding carboxylic acids is 1. The van der Waals surface area contributed by atoms with Crippen molar-refractivity contribution >= 4 is 6.09 Å². The Bertz CT molecular complexity index is 1260. The lowest BCUT2D eigenvalue weighted by Gasteiger charge is -2.46. The van der Waals surface area contributed by atoms with E-state index in [0.717, 1.165) is 22.3 Å². The molecule has 1 saturated heterocycles. The van der Waals surface area contributed by atoms with Gasteiger partial charge in [-0.05, 0) is 59.2 Å². The highest BCUT2D eigenvalue weighted by Crippen LogP contribution is 2.44.